The summed E-state index contributed by atoms with van der Waals surface area (Å²) < 4.78 is 0.733. The van der Waals surface area contributed by atoms with Crippen LogP contribution in [0, 0.1) is 5.92 Å². The summed E-state index contributed by atoms with van der Waals surface area (Å²) in [6.07, 6.45) is 3.80. The Morgan fingerprint density at radius 2 is 2.20 bits per heavy atom. The average Bonchev–Trinajstić information content (AvgIpc) is 2.18. The number of aromatic nitrogens is 2. The standard InChI is InChI=1S/C10H15BrClN3/c1-7(2)4-3-5-13-10-8(11)9(12)14-6-15-10/h6-7H,3-5H2,1-2H3,(H,13,14,15). The summed E-state index contributed by atoms with van der Waals surface area (Å²) in [5.41, 5.74) is 0. The zero-order valence-corrected chi connectivity index (χ0v) is 11.3. The van der Waals surface area contributed by atoms with Gasteiger partial charge in [0.05, 0.1) is 4.47 Å². The molecule has 0 aliphatic rings. The highest BCUT2D eigenvalue weighted by Gasteiger charge is 2.05. The van der Waals surface area contributed by atoms with Crippen molar-refractivity contribution in [2.24, 2.45) is 5.92 Å². The number of halogens is 2. The van der Waals surface area contributed by atoms with Gasteiger partial charge in [-0.05, 0) is 34.7 Å². The molecule has 15 heavy (non-hydrogen) atoms. The van der Waals surface area contributed by atoms with Crippen molar-refractivity contribution in [3.63, 3.8) is 0 Å². The van der Waals surface area contributed by atoms with Crippen LogP contribution in [0.25, 0.3) is 0 Å². The number of hydrogen-bond acceptors (Lipinski definition) is 3. The normalized spacial score (nSPS) is 10.7. The smallest absolute Gasteiger partial charge is 0.148 e. The Morgan fingerprint density at radius 1 is 1.47 bits per heavy atom. The van der Waals surface area contributed by atoms with Crippen LogP contribution in [0.15, 0.2) is 10.8 Å². The quantitative estimate of drug-likeness (QED) is 0.663. The maximum atomic E-state index is 5.84. The van der Waals surface area contributed by atoms with Crippen LogP contribution in [-0.2, 0) is 0 Å². The molecule has 1 aromatic heterocycles. The highest BCUT2D eigenvalue weighted by Crippen LogP contribution is 2.25. The van der Waals surface area contributed by atoms with Crippen molar-refractivity contribution >= 4 is 33.3 Å². The van der Waals surface area contributed by atoms with E-state index in [1.54, 1.807) is 0 Å². The van der Waals surface area contributed by atoms with E-state index in [2.05, 4.69) is 45.1 Å². The van der Waals surface area contributed by atoms with E-state index >= 15 is 0 Å². The van der Waals surface area contributed by atoms with E-state index in [0.29, 0.717) is 5.15 Å². The van der Waals surface area contributed by atoms with Crippen molar-refractivity contribution in [3.8, 4) is 0 Å². The first kappa shape index (κ1) is 12.7. The molecule has 5 heteroatoms. The molecule has 3 nitrogen and oxygen atoms in total. The number of anilines is 1. The summed E-state index contributed by atoms with van der Waals surface area (Å²) in [6.45, 7) is 5.35. The van der Waals surface area contributed by atoms with Crippen molar-refractivity contribution in [3.05, 3.63) is 16.0 Å². The third-order valence-corrected chi connectivity index (χ3v) is 3.26. The Bertz CT molecular complexity index is 318. The van der Waals surface area contributed by atoms with Gasteiger partial charge in [0.2, 0.25) is 0 Å². The second-order valence-electron chi connectivity index (χ2n) is 3.79. The summed E-state index contributed by atoms with van der Waals surface area (Å²) in [6, 6.07) is 0. The third-order valence-electron chi connectivity index (χ3n) is 2.00. The zero-order chi connectivity index (χ0) is 11.3. The second-order valence-corrected chi connectivity index (χ2v) is 4.94. The van der Waals surface area contributed by atoms with Gasteiger partial charge in [-0.2, -0.15) is 0 Å². The minimum absolute atomic E-state index is 0.441. The van der Waals surface area contributed by atoms with Crippen molar-refractivity contribution in [2.45, 2.75) is 26.7 Å². The molecular formula is C10H15BrClN3. The molecule has 0 aliphatic heterocycles. The summed E-state index contributed by atoms with van der Waals surface area (Å²) in [5, 5.41) is 3.67. The molecule has 0 saturated carbocycles. The molecule has 1 heterocycles. The fourth-order valence-electron chi connectivity index (χ4n) is 1.19. The average molecular weight is 293 g/mol. The highest BCUT2D eigenvalue weighted by atomic mass is 79.9. The molecule has 0 bridgehead atoms. The largest absolute Gasteiger partial charge is 0.369 e. The molecule has 0 saturated heterocycles. The lowest BCUT2D eigenvalue weighted by atomic mass is 10.1. The van der Waals surface area contributed by atoms with Gasteiger partial charge in [0.1, 0.15) is 17.3 Å². The number of nitrogens with zero attached hydrogens (tertiary/aromatic N) is 2. The Balaban J connectivity index is 2.41. The number of nitrogens with one attached hydrogen (secondary N) is 1. The molecule has 0 amide bonds. The van der Waals surface area contributed by atoms with Crippen LogP contribution >= 0.6 is 27.5 Å². The SMILES string of the molecule is CC(C)CCCNc1ncnc(Cl)c1Br. The Labute approximate surface area is 104 Å². The lowest BCUT2D eigenvalue weighted by Gasteiger charge is -2.08. The van der Waals surface area contributed by atoms with Crippen LogP contribution in [0.1, 0.15) is 26.7 Å². The van der Waals surface area contributed by atoms with Gasteiger partial charge in [0.25, 0.3) is 0 Å². The molecule has 1 aromatic rings. The van der Waals surface area contributed by atoms with E-state index in [-0.39, 0.29) is 0 Å². The van der Waals surface area contributed by atoms with Gasteiger partial charge in [0.15, 0.2) is 0 Å². The molecule has 0 spiro atoms. The van der Waals surface area contributed by atoms with E-state index < -0.39 is 0 Å². The zero-order valence-electron chi connectivity index (χ0n) is 8.93. The van der Waals surface area contributed by atoms with Crippen LogP contribution < -0.4 is 5.32 Å². The van der Waals surface area contributed by atoms with Crippen LogP contribution in [0.3, 0.4) is 0 Å². The first-order valence-corrected chi connectivity index (χ1v) is 6.18. The molecule has 0 atom stereocenters. The molecule has 84 valence electrons. The highest BCUT2D eigenvalue weighted by molar-refractivity contribution is 9.10. The van der Waals surface area contributed by atoms with Gasteiger partial charge in [-0.1, -0.05) is 25.4 Å². The van der Waals surface area contributed by atoms with Gasteiger partial charge < -0.3 is 5.32 Å². The number of rotatable bonds is 5. The Morgan fingerprint density at radius 3 is 2.87 bits per heavy atom. The van der Waals surface area contributed by atoms with E-state index in [1.807, 2.05) is 0 Å². The van der Waals surface area contributed by atoms with Crippen molar-refractivity contribution in [1.29, 1.82) is 0 Å². The summed E-state index contributed by atoms with van der Waals surface area (Å²) in [5.74, 6) is 1.50. The van der Waals surface area contributed by atoms with E-state index in [0.717, 1.165) is 29.2 Å². The van der Waals surface area contributed by atoms with Crippen molar-refractivity contribution < 1.29 is 0 Å². The molecule has 1 rings (SSSR count). The lowest BCUT2D eigenvalue weighted by molar-refractivity contribution is 0.566. The first-order valence-electron chi connectivity index (χ1n) is 5.01. The fraction of sp³-hybridized carbons (Fsp3) is 0.600. The Kier molecular flexibility index (Phi) is 5.32. The summed E-state index contributed by atoms with van der Waals surface area (Å²) in [4.78, 5) is 7.97. The Hall–Kier alpha value is -0.350. The van der Waals surface area contributed by atoms with Crippen LogP contribution in [-0.4, -0.2) is 16.5 Å². The molecule has 0 radical (unpaired) electrons. The summed E-state index contributed by atoms with van der Waals surface area (Å²) >= 11 is 9.18. The number of hydrogen-bond donors (Lipinski definition) is 1. The predicted octanol–water partition coefficient (Wildman–Crippen LogP) is 3.74. The van der Waals surface area contributed by atoms with Gasteiger partial charge in [-0.15, -0.1) is 0 Å². The van der Waals surface area contributed by atoms with E-state index in [4.69, 9.17) is 11.6 Å². The van der Waals surface area contributed by atoms with E-state index in [9.17, 15) is 0 Å². The lowest BCUT2D eigenvalue weighted by Crippen LogP contribution is -2.05. The fourth-order valence-corrected chi connectivity index (χ4v) is 1.67. The molecule has 0 fully saturated rings. The minimum atomic E-state index is 0.441. The van der Waals surface area contributed by atoms with Crippen LogP contribution in [0.5, 0.6) is 0 Å². The first-order chi connectivity index (χ1) is 7.11. The van der Waals surface area contributed by atoms with Crippen LogP contribution in [0.4, 0.5) is 5.82 Å². The molecular weight excluding hydrogens is 277 g/mol. The van der Waals surface area contributed by atoms with Gasteiger partial charge >= 0.3 is 0 Å². The van der Waals surface area contributed by atoms with Gasteiger partial charge in [-0.3, -0.25) is 0 Å². The van der Waals surface area contributed by atoms with Crippen molar-refractivity contribution in [1.82, 2.24) is 9.97 Å². The van der Waals surface area contributed by atoms with Crippen LogP contribution in [0.2, 0.25) is 5.15 Å². The predicted molar refractivity (Wildman–Crippen MR) is 67.3 cm³/mol. The molecule has 0 aromatic carbocycles. The van der Waals surface area contributed by atoms with Gasteiger partial charge in [0, 0.05) is 6.54 Å². The maximum absolute atomic E-state index is 5.84. The topological polar surface area (TPSA) is 37.8 Å². The van der Waals surface area contributed by atoms with E-state index in [1.165, 1.54) is 12.7 Å². The summed E-state index contributed by atoms with van der Waals surface area (Å²) in [7, 11) is 0. The molecule has 0 unspecified atom stereocenters. The maximum Gasteiger partial charge on any atom is 0.148 e. The monoisotopic (exact) mass is 291 g/mol. The second kappa shape index (κ2) is 6.28. The minimum Gasteiger partial charge on any atom is -0.369 e. The molecule has 1 N–H and O–H groups in total. The van der Waals surface area contributed by atoms with Crippen molar-refractivity contribution in [2.75, 3.05) is 11.9 Å². The van der Waals surface area contributed by atoms with Gasteiger partial charge in [-0.25, -0.2) is 9.97 Å². The molecule has 0 aliphatic carbocycles. The third kappa shape index (κ3) is 4.34.